The van der Waals surface area contributed by atoms with Gasteiger partial charge in [-0.3, -0.25) is 4.79 Å². The summed E-state index contributed by atoms with van der Waals surface area (Å²) in [6, 6.07) is 9.73. The summed E-state index contributed by atoms with van der Waals surface area (Å²) in [6.45, 7) is 8.83. The molecule has 142 valence electrons. The lowest BCUT2D eigenvalue weighted by Gasteiger charge is -2.45. The van der Waals surface area contributed by atoms with E-state index in [2.05, 4.69) is 55.4 Å². The van der Waals surface area contributed by atoms with E-state index in [4.69, 9.17) is 0 Å². The van der Waals surface area contributed by atoms with Gasteiger partial charge in [-0.2, -0.15) is 5.10 Å². The lowest BCUT2D eigenvalue weighted by molar-refractivity contribution is 0.0955. The second kappa shape index (κ2) is 7.14. The molecule has 3 rings (SSSR count). The smallest absolute Gasteiger partial charge is 0.271 e. The monoisotopic (exact) mass is 367 g/mol. The third kappa shape index (κ3) is 3.87. The molecular weight excluding hydrogens is 341 g/mol. The van der Waals surface area contributed by atoms with E-state index in [1.165, 1.54) is 35.5 Å². The first-order chi connectivity index (χ1) is 12.7. The molecule has 1 heterocycles. The molecule has 0 bridgehead atoms. The van der Waals surface area contributed by atoms with Crippen LogP contribution in [0, 0.1) is 12.7 Å². The summed E-state index contributed by atoms with van der Waals surface area (Å²) in [5, 5.41) is 4.09. The molecule has 0 fully saturated rings. The fourth-order valence-corrected chi connectivity index (χ4v) is 3.70. The van der Waals surface area contributed by atoms with Crippen LogP contribution in [0.4, 0.5) is 10.1 Å². The van der Waals surface area contributed by atoms with Crippen LogP contribution in [-0.4, -0.2) is 24.7 Å². The van der Waals surface area contributed by atoms with Crippen LogP contribution in [0.3, 0.4) is 0 Å². The number of aryl methyl sites for hydroxylation is 1. The van der Waals surface area contributed by atoms with Gasteiger partial charge in [-0.05, 0) is 86.2 Å². The van der Waals surface area contributed by atoms with Crippen LogP contribution in [0.25, 0.3) is 0 Å². The van der Waals surface area contributed by atoms with Gasteiger partial charge in [-0.1, -0.05) is 6.92 Å². The van der Waals surface area contributed by atoms with E-state index < -0.39 is 0 Å². The van der Waals surface area contributed by atoms with Crippen LogP contribution >= 0.6 is 0 Å². The molecule has 4 nitrogen and oxygen atoms in total. The number of benzene rings is 2. The van der Waals surface area contributed by atoms with E-state index in [9.17, 15) is 9.18 Å². The zero-order valence-electron chi connectivity index (χ0n) is 16.5. The van der Waals surface area contributed by atoms with E-state index in [-0.39, 0.29) is 17.3 Å². The number of halogens is 1. The maximum Gasteiger partial charge on any atom is 0.271 e. The number of amides is 1. The van der Waals surface area contributed by atoms with Crippen molar-refractivity contribution in [3.8, 4) is 0 Å². The lowest BCUT2D eigenvalue weighted by atomic mass is 9.79. The molecule has 0 radical (unpaired) electrons. The molecule has 0 saturated heterocycles. The summed E-state index contributed by atoms with van der Waals surface area (Å²) in [5.41, 5.74) is 7.63. The van der Waals surface area contributed by atoms with E-state index in [0.29, 0.717) is 11.5 Å². The number of anilines is 1. The Balaban J connectivity index is 1.80. The Morgan fingerprint density at radius 2 is 1.96 bits per heavy atom. The maximum absolute atomic E-state index is 12.9. The average molecular weight is 367 g/mol. The number of rotatable bonds is 3. The Morgan fingerprint density at radius 3 is 2.63 bits per heavy atom. The Hall–Kier alpha value is -2.69. The second-order valence-corrected chi connectivity index (χ2v) is 7.95. The van der Waals surface area contributed by atoms with Crippen LogP contribution in [0.1, 0.15) is 60.2 Å². The van der Waals surface area contributed by atoms with Crippen LogP contribution in [0.15, 0.2) is 41.5 Å². The quantitative estimate of drug-likeness (QED) is 0.635. The number of hydrazone groups is 1. The van der Waals surface area contributed by atoms with E-state index in [1.807, 2.05) is 6.92 Å². The summed E-state index contributed by atoms with van der Waals surface area (Å²) < 4.78 is 12.9. The standard InChI is InChI=1S/C22H26FN3O/c1-14-10-20-19(15(2)12-22(3,4)26(20)5)11-17(14)13-24-25-21(27)16-6-8-18(23)9-7-16/h6-11,13,15H,12H2,1-5H3,(H,25,27)/b24-13-. The van der Waals surface area contributed by atoms with Gasteiger partial charge in [-0.15, -0.1) is 0 Å². The fraction of sp³-hybridized carbons (Fsp3) is 0.364. The van der Waals surface area contributed by atoms with Gasteiger partial charge < -0.3 is 4.90 Å². The molecule has 5 heteroatoms. The highest BCUT2D eigenvalue weighted by Crippen LogP contribution is 2.43. The molecule has 1 unspecified atom stereocenters. The molecule has 1 aliphatic rings. The van der Waals surface area contributed by atoms with Gasteiger partial charge in [0, 0.05) is 23.8 Å². The van der Waals surface area contributed by atoms with Crippen molar-refractivity contribution in [2.24, 2.45) is 5.10 Å². The highest BCUT2D eigenvalue weighted by atomic mass is 19.1. The van der Waals surface area contributed by atoms with Gasteiger partial charge in [0.2, 0.25) is 0 Å². The normalized spacial score (nSPS) is 18.4. The van der Waals surface area contributed by atoms with Gasteiger partial charge >= 0.3 is 0 Å². The van der Waals surface area contributed by atoms with Crippen LogP contribution in [-0.2, 0) is 0 Å². The van der Waals surface area contributed by atoms with Crippen LogP contribution in [0.5, 0.6) is 0 Å². The van der Waals surface area contributed by atoms with E-state index >= 15 is 0 Å². The molecule has 0 spiro atoms. The molecule has 1 aliphatic heterocycles. The first-order valence-corrected chi connectivity index (χ1v) is 9.16. The minimum absolute atomic E-state index is 0.123. The number of hydrogen-bond acceptors (Lipinski definition) is 3. The number of hydrogen-bond donors (Lipinski definition) is 1. The van der Waals surface area contributed by atoms with E-state index in [0.717, 1.165) is 17.5 Å². The van der Waals surface area contributed by atoms with Crippen molar-refractivity contribution in [2.45, 2.75) is 45.6 Å². The predicted molar refractivity (Wildman–Crippen MR) is 108 cm³/mol. The molecule has 27 heavy (non-hydrogen) atoms. The third-order valence-electron chi connectivity index (χ3n) is 5.50. The molecule has 1 amide bonds. The summed E-state index contributed by atoms with van der Waals surface area (Å²) in [6.07, 6.45) is 2.75. The number of nitrogens with one attached hydrogen (secondary N) is 1. The average Bonchev–Trinajstić information content (AvgIpc) is 2.61. The molecule has 0 aromatic heterocycles. The van der Waals surface area contributed by atoms with E-state index in [1.54, 1.807) is 6.21 Å². The molecule has 2 aromatic rings. The summed E-state index contributed by atoms with van der Waals surface area (Å²) in [5.74, 6) is -0.286. The van der Waals surface area contributed by atoms with Crippen molar-refractivity contribution in [2.75, 3.05) is 11.9 Å². The zero-order valence-corrected chi connectivity index (χ0v) is 16.5. The van der Waals surface area contributed by atoms with Gasteiger partial charge in [0.15, 0.2) is 0 Å². The van der Waals surface area contributed by atoms with Crippen molar-refractivity contribution in [1.82, 2.24) is 5.43 Å². The molecule has 0 aliphatic carbocycles. The zero-order chi connectivity index (χ0) is 19.8. The number of carbonyl (C=O) groups is 1. The van der Waals surface area contributed by atoms with Crippen molar-refractivity contribution in [3.05, 3.63) is 64.5 Å². The molecular formula is C22H26FN3O. The molecule has 0 saturated carbocycles. The number of nitrogens with zero attached hydrogens (tertiary/aromatic N) is 2. The Labute approximate surface area is 160 Å². The Kier molecular flexibility index (Phi) is 5.05. The third-order valence-corrected chi connectivity index (χ3v) is 5.50. The summed E-state index contributed by atoms with van der Waals surface area (Å²) in [4.78, 5) is 14.4. The first kappa shape index (κ1) is 19.1. The van der Waals surface area contributed by atoms with Crippen molar-refractivity contribution in [3.63, 3.8) is 0 Å². The minimum atomic E-state index is -0.373. The SMILES string of the molecule is Cc1cc2c(cc1/C=N\NC(=O)c1ccc(F)cc1)C(C)CC(C)(C)N2C. The van der Waals surface area contributed by atoms with Crippen molar-refractivity contribution in [1.29, 1.82) is 0 Å². The van der Waals surface area contributed by atoms with Gasteiger partial charge in [-0.25, -0.2) is 9.82 Å². The van der Waals surface area contributed by atoms with Crippen molar-refractivity contribution >= 4 is 17.8 Å². The molecule has 1 N–H and O–H groups in total. The van der Waals surface area contributed by atoms with Gasteiger partial charge in [0.05, 0.1) is 6.21 Å². The topological polar surface area (TPSA) is 44.7 Å². The maximum atomic E-state index is 12.9. The highest BCUT2D eigenvalue weighted by molar-refractivity contribution is 5.95. The number of carbonyl (C=O) groups excluding carboxylic acids is 1. The van der Waals surface area contributed by atoms with Crippen LogP contribution < -0.4 is 10.3 Å². The Bertz CT molecular complexity index is 887. The number of fused-ring (bicyclic) bond motifs is 1. The summed E-state index contributed by atoms with van der Waals surface area (Å²) >= 11 is 0. The van der Waals surface area contributed by atoms with Gasteiger partial charge in [0.1, 0.15) is 5.82 Å². The predicted octanol–water partition coefficient (Wildman–Crippen LogP) is 4.62. The highest BCUT2D eigenvalue weighted by Gasteiger charge is 2.34. The second-order valence-electron chi connectivity index (χ2n) is 7.95. The minimum Gasteiger partial charge on any atom is -0.369 e. The van der Waals surface area contributed by atoms with Crippen molar-refractivity contribution < 1.29 is 9.18 Å². The van der Waals surface area contributed by atoms with Crippen LogP contribution in [0.2, 0.25) is 0 Å². The first-order valence-electron chi connectivity index (χ1n) is 9.16. The van der Waals surface area contributed by atoms with Gasteiger partial charge in [0.25, 0.3) is 5.91 Å². The molecule has 1 atom stereocenters. The Morgan fingerprint density at radius 1 is 1.30 bits per heavy atom. The fourth-order valence-electron chi connectivity index (χ4n) is 3.70. The molecule has 2 aromatic carbocycles. The summed E-state index contributed by atoms with van der Waals surface area (Å²) in [7, 11) is 2.14. The lowest BCUT2D eigenvalue weighted by Crippen LogP contribution is -2.45. The largest absolute Gasteiger partial charge is 0.369 e.